The Balaban J connectivity index is 2.53. The molecule has 0 spiro atoms. The molecule has 5 nitrogen and oxygen atoms in total. The number of ether oxygens (including phenoxy) is 1. The molecule has 2 unspecified atom stereocenters. The van der Waals surface area contributed by atoms with Crippen LogP contribution in [-0.4, -0.2) is 74.7 Å². The van der Waals surface area contributed by atoms with Gasteiger partial charge in [-0.2, -0.15) is 0 Å². The van der Waals surface area contributed by atoms with E-state index in [0.717, 1.165) is 39.0 Å². The molecule has 0 amide bonds. The highest BCUT2D eigenvalue weighted by atomic mass is 16.5. The molecule has 1 N–H and O–H groups in total. The van der Waals surface area contributed by atoms with Crippen molar-refractivity contribution in [3.8, 4) is 0 Å². The van der Waals surface area contributed by atoms with E-state index in [4.69, 9.17) is 4.74 Å². The summed E-state index contributed by atoms with van der Waals surface area (Å²) in [5, 5.41) is 3.22. The topological polar surface area (TPSA) is 44.8 Å². The average molecular weight is 285 g/mol. The lowest BCUT2D eigenvalue weighted by molar-refractivity contribution is -0.143. The highest BCUT2D eigenvalue weighted by Gasteiger charge is 2.24. The van der Waals surface area contributed by atoms with E-state index in [0.29, 0.717) is 6.04 Å². The molecule has 0 aromatic rings. The lowest BCUT2D eigenvalue weighted by Gasteiger charge is -2.31. The summed E-state index contributed by atoms with van der Waals surface area (Å²) >= 11 is 0. The van der Waals surface area contributed by atoms with E-state index in [1.54, 1.807) is 0 Å². The molecule has 1 heterocycles. The molecular weight excluding hydrogens is 254 g/mol. The SMILES string of the molecule is CCNC(CCN1CCCN(C)CC1CC)C(=O)OC. The van der Waals surface area contributed by atoms with Crippen molar-refractivity contribution in [2.45, 2.75) is 45.2 Å². The number of carbonyl (C=O) groups is 1. The van der Waals surface area contributed by atoms with Gasteiger partial charge < -0.3 is 15.0 Å². The normalized spacial score (nSPS) is 23.3. The lowest BCUT2D eigenvalue weighted by atomic mass is 10.1. The Morgan fingerprint density at radius 2 is 2.15 bits per heavy atom. The summed E-state index contributed by atoms with van der Waals surface area (Å²) in [5.41, 5.74) is 0. The molecule has 1 aliphatic rings. The van der Waals surface area contributed by atoms with Crippen LogP contribution in [0.5, 0.6) is 0 Å². The maximum atomic E-state index is 11.7. The zero-order valence-electron chi connectivity index (χ0n) is 13.5. The highest BCUT2D eigenvalue weighted by molar-refractivity contribution is 5.75. The fraction of sp³-hybridized carbons (Fsp3) is 0.933. The van der Waals surface area contributed by atoms with Gasteiger partial charge in [0, 0.05) is 19.1 Å². The first-order valence-electron chi connectivity index (χ1n) is 7.86. The summed E-state index contributed by atoms with van der Waals surface area (Å²) in [7, 11) is 3.66. The first kappa shape index (κ1) is 17.4. The molecule has 1 aliphatic heterocycles. The third-order valence-electron chi connectivity index (χ3n) is 4.14. The highest BCUT2D eigenvalue weighted by Crippen LogP contribution is 2.13. The number of methoxy groups -OCH3 is 1. The molecule has 0 aromatic carbocycles. The quantitative estimate of drug-likeness (QED) is 0.706. The number of hydrogen-bond acceptors (Lipinski definition) is 5. The number of esters is 1. The number of carbonyl (C=O) groups excluding carboxylic acids is 1. The number of nitrogens with one attached hydrogen (secondary N) is 1. The summed E-state index contributed by atoms with van der Waals surface area (Å²) in [6.45, 7) is 9.44. The molecule has 1 rings (SSSR count). The second-order valence-electron chi connectivity index (χ2n) is 5.64. The molecular formula is C15H31N3O2. The van der Waals surface area contributed by atoms with Crippen LogP contribution in [-0.2, 0) is 9.53 Å². The first-order valence-corrected chi connectivity index (χ1v) is 7.86. The van der Waals surface area contributed by atoms with Gasteiger partial charge in [-0.15, -0.1) is 0 Å². The van der Waals surface area contributed by atoms with Gasteiger partial charge in [-0.05, 0) is 45.9 Å². The number of hydrogen-bond donors (Lipinski definition) is 1. The van der Waals surface area contributed by atoms with Crippen LogP contribution in [0, 0.1) is 0 Å². The minimum Gasteiger partial charge on any atom is -0.468 e. The third-order valence-corrected chi connectivity index (χ3v) is 4.14. The zero-order valence-corrected chi connectivity index (χ0v) is 13.5. The summed E-state index contributed by atoms with van der Waals surface area (Å²) in [6, 6.07) is 0.422. The van der Waals surface area contributed by atoms with Gasteiger partial charge in [-0.3, -0.25) is 9.69 Å². The molecule has 0 radical (unpaired) electrons. The zero-order chi connectivity index (χ0) is 15.0. The first-order chi connectivity index (χ1) is 9.62. The van der Waals surface area contributed by atoms with E-state index in [2.05, 4.69) is 29.1 Å². The summed E-state index contributed by atoms with van der Waals surface area (Å²) < 4.78 is 4.87. The largest absolute Gasteiger partial charge is 0.468 e. The third kappa shape index (κ3) is 5.38. The van der Waals surface area contributed by atoms with E-state index >= 15 is 0 Å². The number of likely N-dealkylation sites (N-methyl/N-ethyl adjacent to an activating group) is 2. The average Bonchev–Trinajstić information content (AvgIpc) is 2.63. The van der Waals surface area contributed by atoms with Gasteiger partial charge in [-0.1, -0.05) is 13.8 Å². The van der Waals surface area contributed by atoms with Crippen molar-refractivity contribution >= 4 is 5.97 Å². The lowest BCUT2D eigenvalue weighted by Crippen LogP contribution is -2.44. The predicted molar refractivity (Wildman–Crippen MR) is 81.9 cm³/mol. The maximum Gasteiger partial charge on any atom is 0.322 e. The molecule has 1 fully saturated rings. The van der Waals surface area contributed by atoms with Gasteiger partial charge in [0.2, 0.25) is 0 Å². The fourth-order valence-electron chi connectivity index (χ4n) is 2.96. The Morgan fingerprint density at radius 1 is 1.40 bits per heavy atom. The van der Waals surface area contributed by atoms with Crippen LogP contribution in [0.1, 0.15) is 33.1 Å². The smallest absolute Gasteiger partial charge is 0.322 e. The molecule has 0 aromatic heterocycles. The van der Waals surface area contributed by atoms with Crippen LogP contribution < -0.4 is 5.32 Å². The van der Waals surface area contributed by atoms with Crippen molar-refractivity contribution in [3.05, 3.63) is 0 Å². The van der Waals surface area contributed by atoms with Crippen LogP contribution in [0.15, 0.2) is 0 Å². The van der Waals surface area contributed by atoms with Gasteiger partial charge >= 0.3 is 5.97 Å². The Morgan fingerprint density at radius 3 is 2.75 bits per heavy atom. The standard InChI is InChI=1S/C15H31N3O2/c1-5-13-12-17(3)9-7-10-18(13)11-8-14(16-6-2)15(19)20-4/h13-14,16H,5-12H2,1-4H3. The Hall–Kier alpha value is -0.650. The van der Waals surface area contributed by atoms with E-state index < -0.39 is 0 Å². The summed E-state index contributed by atoms with van der Waals surface area (Å²) in [4.78, 5) is 16.7. The fourth-order valence-corrected chi connectivity index (χ4v) is 2.96. The van der Waals surface area contributed by atoms with Crippen molar-refractivity contribution in [1.29, 1.82) is 0 Å². The monoisotopic (exact) mass is 285 g/mol. The van der Waals surface area contributed by atoms with Crippen LogP contribution >= 0.6 is 0 Å². The molecule has 1 saturated heterocycles. The van der Waals surface area contributed by atoms with Crippen LogP contribution in [0.25, 0.3) is 0 Å². The molecule has 118 valence electrons. The Labute approximate surface area is 123 Å². The van der Waals surface area contributed by atoms with Crippen molar-refractivity contribution in [2.75, 3.05) is 46.9 Å². The summed E-state index contributed by atoms with van der Waals surface area (Å²) in [5.74, 6) is -0.146. The molecule has 0 saturated carbocycles. The molecule has 20 heavy (non-hydrogen) atoms. The van der Waals surface area contributed by atoms with Crippen LogP contribution in [0.4, 0.5) is 0 Å². The van der Waals surface area contributed by atoms with E-state index in [-0.39, 0.29) is 12.0 Å². The second-order valence-corrected chi connectivity index (χ2v) is 5.64. The Bertz CT molecular complexity index is 286. The molecule has 0 bridgehead atoms. The van der Waals surface area contributed by atoms with Gasteiger partial charge in [0.1, 0.15) is 6.04 Å². The molecule has 2 atom stereocenters. The van der Waals surface area contributed by atoms with Gasteiger partial charge in [0.25, 0.3) is 0 Å². The minimum absolute atomic E-state index is 0.146. The van der Waals surface area contributed by atoms with E-state index in [1.165, 1.54) is 20.1 Å². The van der Waals surface area contributed by atoms with Crippen LogP contribution in [0.3, 0.4) is 0 Å². The van der Waals surface area contributed by atoms with Gasteiger partial charge in [0.15, 0.2) is 0 Å². The number of nitrogens with zero attached hydrogens (tertiary/aromatic N) is 2. The Kier molecular flexibility index (Phi) is 8.11. The van der Waals surface area contributed by atoms with Crippen molar-refractivity contribution in [3.63, 3.8) is 0 Å². The summed E-state index contributed by atoms with van der Waals surface area (Å²) in [6.07, 6.45) is 3.19. The second kappa shape index (κ2) is 9.32. The molecule has 5 heteroatoms. The maximum absolute atomic E-state index is 11.7. The van der Waals surface area contributed by atoms with Crippen LogP contribution in [0.2, 0.25) is 0 Å². The van der Waals surface area contributed by atoms with E-state index in [9.17, 15) is 4.79 Å². The minimum atomic E-state index is -0.177. The predicted octanol–water partition coefficient (Wildman–Crippen LogP) is 0.944. The number of rotatable bonds is 7. The van der Waals surface area contributed by atoms with Crippen molar-refractivity contribution < 1.29 is 9.53 Å². The van der Waals surface area contributed by atoms with Gasteiger partial charge in [-0.25, -0.2) is 0 Å². The van der Waals surface area contributed by atoms with Crippen molar-refractivity contribution in [2.24, 2.45) is 0 Å². The van der Waals surface area contributed by atoms with E-state index in [1.807, 2.05) is 6.92 Å². The van der Waals surface area contributed by atoms with Gasteiger partial charge in [0.05, 0.1) is 7.11 Å². The van der Waals surface area contributed by atoms with Crippen molar-refractivity contribution in [1.82, 2.24) is 15.1 Å². The molecule has 0 aliphatic carbocycles.